The van der Waals surface area contributed by atoms with Crippen LogP contribution in [0.15, 0.2) is 84.9 Å². The molecule has 2 aliphatic heterocycles. The van der Waals surface area contributed by atoms with Crippen LogP contribution >= 0.6 is 0 Å². The van der Waals surface area contributed by atoms with Gasteiger partial charge in [-0.15, -0.1) is 0 Å². The molecular formula is C32H31BN2O4. The molecule has 0 unspecified atom stereocenters. The van der Waals surface area contributed by atoms with E-state index in [-0.39, 0.29) is 23.8 Å². The van der Waals surface area contributed by atoms with Crippen molar-refractivity contribution < 1.29 is 18.9 Å². The topological polar surface area (TPSA) is 59.1 Å². The first-order valence-corrected chi connectivity index (χ1v) is 13.3. The molecule has 6 nitrogen and oxygen atoms in total. The third-order valence-electron chi connectivity index (χ3n) is 7.53. The molecule has 39 heavy (non-hydrogen) atoms. The van der Waals surface area contributed by atoms with Gasteiger partial charge in [0.1, 0.15) is 0 Å². The first kappa shape index (κ1) is 25.3. The highest BCUT2D eigenvalue weighted by Gasteiger charge is 2.36. The zero-order valence-electron chi connectivity index (χ0n) is 22.5. The van der Waals surface area contributed by atoms with Crippen molar-refractivity contribution in [1.82, 2.24) is 4.90 Å². The Kier molecular flexibility index (Phi) is 6.49. The first-order valence-electron chi connectivity index (χ1n) is 13.3. The van der Waals surface area contributed by atoms with Crippen LogP contribution in [0.2, 0.25) is 0 Å². The first-order chi connectivity index (χ1) is 18.8. The van der Waals surface area contributed by atoms with Gasteiger partial charge < -0.3 is 14.2 Å². The molecule has 4 aromatic rings. The number of carbonyl (C=O) groups is 2. The van der Waals surface area contributed by atoms with Gasteiger partial charge in [0.15, 0.2) is 0 Å². The van der Waals surface area contributed by atoms with Crippen LogP contribution in [0.3, 0.4) is 0 Å². The molecule has 0 radical (unpaired) electrons. The minimum absolute atomic E-state index is 0.00284. The number of amides is 2. The summed E-state index contributed by atoms with van der Waals surface area (Å²) in [6.07, 6.45) is 0. The van der Waals surface area contributed by atoms with E-state index >= 15 is 0 Å². The van der Waals surface area contributed by atoms with Crippen molar-refractivity contribution >= 4 is 40.9 Å². The average molecular weight is 518 g/mol. The van der Waals surface area contributed by atoms with Crippen LogP contribution in [-0.2, 0) is 22.4 Å². The van der Waals surface area contributed by atoms with Crippen molar-refractivity contribution in [2.45, 2.75) is 26.9 Å². The quantitative estimate of drug-likeness (QED) is 0.265. The van der Waals surface area contributed by atoms with Crippen molar-refractivity contribution in [3.05, 3.63) is 107 Å². The Morgan fingerprint density at radius 2 is 1.49 bits per heavy atom. The average Bonchev–Trinajstić information content (AvgIpc) is 2.94. The van der Waals surface area contributed by atoms with Crippen LogP contribution in [0.25, 0.3) is 10.8 Å². The normalized spacial score (nSPS) is 16.6. The number of nitrogens with zero attached hydrogens (tertiary/aromatic N) is 2. The van der Waals surface area contributed by atoms with Gasteiger partial charge in [-0.25, -0.2) is 0 Å². The van der Waals surface area contributed by atoms with Crippen LogP contribution < -0.4 is 10.4 Å². The van der Waals surface area contributed by atoms with Gasteiger partial charge in [0.25, 0.3) is 11.8 Å². The fourth-order valence-corrected chi connectivity index (χ4v) is 5.49. The van der Waals surface area contributed by atoms with E-state index < -0.39 is 7.12 Å². The summed E-state index contributed by atoms with van der Waals surface area (Å²) in [6, 6.07) is 27.3. The van der Waals surface area contributed by atoms with Crippen molar-refractivity contribution in [3.8, 4) is 0 Å². The highest BCUT2D eigenvalue weighted by Crippen LogP contribution is 2.36. The van der Waals surface area contributed by atoms with E-state index in [0.717, 1.165) is 33.0 Å². The van der Waals surface area contributed by atoms with Crippen molar-refractivity contribution in [2.75, 3.05) is 25.2 Å². The van der Waals surface area contributed by atoms with Gasteiger partial charge in [0.05, 0.1) is 6.54 Å². The number of hydrogen-bond acceptors (Lipinski definition) is 5. The van der Waals surface area contributed by atoms with Gasteiger partial charge in [-0.1, -0.05) is 80.6 Å². The highest BCUT2D eigenvalue weighted by atomic mass is 16.6. The molecule has 2 amide bonds. The molecule has 0 aliphatic carbocycles. The molecule has 0 aromatic heterocycles. The lowest BCUT2D eigenvalue weighted by Crippen LogP contribution is -2.48. The SMILES string of the molecule is CN(Cc1ccccc1B1OCC(C)(C)CO1)c1ccc2c3c(cccc13)C(=O)N(Cc1ccccc1)C2=O. The van der Waals surface area contributed by atoms with E-state index in [1.54, 1.807) is 0 Å². The smallest absolute Gasteiger partial charge is 0.407 e. The summed E-state index contributed by atoms with van der Waals surface area (Å²) in [5, 5.41) is 1.61. The van der Waals surface area contributed by atoms with E-state index in [9.17, 15) is 9.59 Å². The fourth-order valence-electron chi connectivity index (χ4n) is 5.49. The van der Waals surface area contributed by atoms with Crippen molar-refractivity contribution in [2.24, 2.45) is 5.41 Å². The molecule has 1 saturated heterocycles. The second-order valence-corrected chi connectivity index (χ2v) is 11.2. The number of imide groups is 1. The third-order valence-corrected chi connectivity index (χ3v) is 7.53. The predicted octanol–water partition coefficient (Wildman–Crippen LogP) is 5.04. The number of benzene rings is 4. The molecular weight excluding hydrogens is 487 g/mol. The van der Waals surface area contributed by atoms with Gasteiger partial charge in [-0.05, 0) is 34.8 Å². The molecule has 0 N–H and O–H groups in total. The molecule has 0 bridgehead atoms. The largest absolute Gasteiger partial charge is 0.494 e. The molecule has 6 rings (SSSR count). The minimum Gasteiger partial charge on any atom is -0.407 e. The maximum Gasteiger partial charge on any atom is 0.494 e. The summed E-state index contributed by atoms with van der Waals surface area (Å²) in [4.78, 5) is 30.5. The molecule has 196 valence electrons. The molecule has 2 heterocycles. The second-order valence-electron chi connectivity index (χ2n) is 11.2. The second kappa shape index (κ2) is 9.99. The zero-order chi connectivity index (χ0) is 27.1. The molecule has 2 aliphatic rings. The summed E-state index contributed by atoms with van der Waals surface area (Å²) in [5.41, 5.74) is 5.10. The Balaban J connectivity index is 1.31. The van der Waals surface area contributed by atoms with E-state index in [0.29, 0.717) is 30.9 Å². The van der Waals surface area contributed by atoms with Crippen LogP contribution in [0.5, 0.6) is 0 Å². The van der Waals surface area contributed by atoms with Crippen LogP contribution in [-0.4, -0.2) is 44.1 Å². The van der Waals surface area contributed by atoms with Crippen molar-refractivity contribution in [1.29, 1.82) is 0 Å². The number of hydrogen-bond donors (Lipinski definition) is 0. The summed E-state index contributed by atoms with van der Waals surface area (Å²) in [6.45, 7) is 6.41. The van der Waals surface area contributed by atoms with E-state index in [4.69, 9.17) is 9.31 Å². The van der Waals surface area contributed by atoms with E-state index in [2.05, 4.69) is 30.9 Å². The molecule has 0 spiro atoms. The van der Waals surface area contributed by atoms with Gasteiger partial charge in [0.2, 0.25) is 0 Å². The molecule has 7 heteroatoms. The zero-order valence-corrected chi connectivity index (χ0v) is 22.5. The molecule has 1 fully saturated rings. The maximum absolute atomic E-state index is 13.5. The Hall–Kier alpha value is -3.94. The molecule has 0 saturated carbocycles. The Morgan fingerprint density at radius 1 is 0.821 bits per heavy atom. The lowest BCUT2D eigenvalue weighted by atomic mass is 9.73. The Bertz CT molecular complexity index is 1540. The summed E-state index contributed by atoms with van der Waals surface area (Å²) >= 11 is 0. The lowest BCUT2D eigenvalue weighted by Gasteiger charge is -2.34. The van der Waals surface area contributed by atoms with Crippen LogP contribution in [0.1, 0.15) is 45.7 Å². The third kappa shape index (κ3) is 4.73. The lowest BCUT2D eigenvalue weighted by molar-refractivity contribution is 0.0342. The standard InChI is InChI=1S/C32H31BN2O4/c1-32(2)20-38-33(39-21-32)27-15-8-7-12-23(27)19-34(3)28-17-16-26-29-24(28)13-9-14-25(29)30(36)35(31(26)37)18-22-10-5-4-6-11-22/h4-17H,18-21H2,1-3H3. The highest BCUT2D eigenvalue weighted by molar-refractivity contribution is 6.62. The number of carbonyl (C=O) groups excluding carboxylic acids is 2. The molecule has 0 atom stereocenters. The van der Waals surface area contributed by atoms with Gasteiger partial charge >= 0.3 is 7.12 Å². The summed E-state index contributed by atoms with van der Waals surface area (Å²) in [5.74, 6) is -0.525. The molecule has 4 aromatic carbocycles. The number of rotatable bonds is 6. The summed E-state index contributed by atoms with van der Waals surface area (Å²) in [7, 11) is 1.63. The van der Waals surface area contributed by atoms with E-state index in [1.807, 2.05) is 79.8 Å². The maximum atomic E-state index is 13.5. The van der Waals surface area contributed by atoms with E-state index in [1.165, 1.54) is 4.90 Å². The number of anilines is 1. The minimum atomic E-state index is -0.398. The van der Waals surface area contributed by atoms with Crippen molar-refractivity contribution in [3.63, 3.8) is 0 Å². The Labute approximate surface area is 229 Å². The van der Waals surface area contributed by atoms with Crippen LogP contribution in [0.4, 0.5) is 5.69 Å². The van der Waals surface area contributed by atoms with Gasteiger partial charge in [0, 0.05) is 59.8 Å². The van der Waals surface area contributed by atoms with Gasteiger partial charge in [-0.3, -0.25) is 14.5 Å². The fraction of sp³-hybridized carbons (Fsp3) is 0.250. The predicted molar refractivity (Wildman–Crippen MR) is 154 cm³/mol. The summed E-state index contributed by atoms with van der Waals surface area (Å²) < 4.78 is 12.2. The monoisotopic (exact) mass is 518 g/mol. The van der Waals surface area contributed by atoms with Crippen LogP contribution in [0, 0.1) is 5.41 Å². The van der Waals surface area contributed by atoms with Gasteiger partial charge in [-0.2, -0.15) is 0 Å². The Morgan fingerprint density at radius 3 is 2.23 bits per heavy atom.